The maximum absolute atomic E-state index is 12.4. The normalized spacial score (nSPS) is 12.5. The summed E-state index contributed by atoms with van der Waals surface area (Å²) in [6.07, 6.45) is 0. The highest BCUT2D eigenvalue weighted by molar-refractivity contribution is 5.90. The first kappa shape index (κ1) is 18.1. The first-order valence-corrected chi connectivity index (χ1v) is 8.02. The molecule has 1 unspecified atom stereocenters. The number of hydrogen-bond donors (Lipinski definition) is 2. The number of nitrogens with one attached hydrogen (secondary N) is 2. The predicted octanol–water partition coefficient (Wildman–Crippen LogP) is 3.49. The Hall–Kier alpha value is -2.28. The van der Waals surface area contributed by atoms with Gasteiger partial charge in [-0.3, -0.25) is 4.68 Å². The Morgan fingerprint density at radius 3 is 2.54 bits per heavy atom. The van der Waals surface area contributed by atoms with Crippen molar-refractivity contribution < 1.29 is 13.9 Å². The van der Waals surface area contributed by atoms with Crippen LogP contribution < -0.4 is 10.6 Å². The van der Waals surface area contributed by atoms with E-state index >= 15 is 0 Å². The number of anilines is 1. The molecular formula is C17H26N4O3. The lowest BCUT2D eigenvalue weighted by atomic mass is 10.2. The SMILES string of the molecule is COCC(NC(=O)Nc1c(C)nn(C(C)C)c1C)c1ccc(C)o1. The zero-order valence-corrected chi connectivity index (χ0v) is 15.1. The second kappa shape index (κ2) is 7.53. The van der Waals surface area contributed by atoms with E-state index in [2.05, 4.69) is 29.6 Å². The number of rotatable bonds is 6. The molecule has 132 valence electrons. The van der Waals surface area contributed by atoms with E-state index in [0.29, 0.717) is 12.4 Å². The van der Waals surface area contributed by atoms with Gasteiger partial charge in [0.05, 0.1) is 23.7 Å². The molecule has 7 heteroatoms. The van der Waals surface area contributed by atoms with Crippen molar-refractivity contribution in [3.8, 4) is 0 Å². The second-order valence-electron chi connectivity index (χ2n) is 6.14. The van der Waals surface area contributed by atoms with Gasteiger partial charge in [0.2, 0.25) is 0 Å². The molecule has 0 saturated heterocycles. The summed E-state index contributed by atoms with van der Waals surface area (Å²) in [4.78, 5) is 12.4. The lowest BCUT2D eigenvalue weighted by molar-refractivity contribution is 0.158. The van der Waals surface area contributed by atoms with Gasteiger partial charge in [0.25, 0.3) is 0 Å². The zero-order chi connectivity index (χ0) is 17.9. The first-order valence-electron chi connectivity index (χ1n) is 8.02. The fourth-order valence-electron chi connectivity index (χ4n) is 2.66. The van der Waals surface area contributed by atoms with Gasteiger partial charge in [-0.05, 0) is 46.8 Å². The molecule has 0 saturated carbocycles. The van der Waals surface area contributed by atoms with Gasteiger partial charge < -0.3 is 19.8 Å². The Bertz CT molecular complexity index is 703. The highest BCUT2D eigenvalue weighted by Gasteiger charge is 2.20. The van der Waals surface area contributed by atoms with Gasteiger partial charge in [0.15, 0.2) is 0 Å². The summed E-state index contributed by atoms with van der Waals surface area (Å²) in [6, 6.07) is 3.25. The third kappa shape index (κ3) is 3.97. The Morgan fingerprint density at radius 2 is 2.04 bits per heavy atom. The van der Waals surface area contributed by atoms with Gasteiger partial charge in [-0.1, -0.05) is 0 Å². The van der Waals surface area contributed by atoms with Crippen molar-refractivity contribution in [1.29, 1.82) is 0 Å². The van der Waals surface area contributed by atoms with Crippen molar-refractivity contribution in [3.05, 3.63) is 35.0 Å². The van der Waals surface area contributed by atoms with Crippen LogP contribution in [0.1, 0.15) is 48.8 Å². The second-order valence-corrected chi connectivity index (χ2v) is 6.14. The van der Waals surface area contributed by atoms with Gasteiger partial charge >= 0.3 is 6.03 Å². The molecule has 2 N–H and O–H groups in total. The number of amides is 2. The Balaban J connectivity index is 2.11. The van der Waals surface area contributed by atoms with Crippen LogP contribution >= 0.6 is 0 Å². The van der Waals surface area contributed by atoms with Crippen molar-refractivity contribution in [3.63, 3.8) is 0 Å². The van der Waals surface area contributed by atoms with E-state index in [0.717, 1.165) is 22.8 Å². The number of nitrogens with zero attached hydrogens (tertiary/aromatic N) is 2. The van der Waals surface area contributed by atoms with E-state index in [1.807, 2.05) is 37.6 Å². The van der Waals surface area contributed by atoms with Crippen molar-refractivity contribution in [2.75, 3.05) is 19.0 Å². The number of aromatic nitrogens is 2. The molecular weight excluding hydrogens is 308 g/mol. The molecule has 2 heterocycles. The fraction of sp³-hybridized carbons (Fsp3) is 0.529. The van der Waals surface area contributed by atoms with Gasteiger partial charge in [0, 0.05) is 13.2 Å². The molecule has 0 aromatic carbocycles. The number of urea groups is 1. The maximum Gasteiger partial charge on any atom is 0.320 e. The standard InChI is InChI=1S/C17H26N4O3/c1-10(2)21-13(5)16(12(4)20-21)19-17(22)18-14(9-23-6)15-8-7-11(3)24-15/h7-8,10,14H,9H2,1-6H3,(H2,18,19,22). The highest BCUT2D eigenvalue weighted by Crippen LogP contribution is 2.23. The van der Waals surface area contributed by atoms with Crippen LogP contribution in [0.5, 0.6) is 0 Å². The molecule has 0 bridgehead atoms. The zero-order valence-electron chi connectivity index (χ0n) is 15.1. The summed E-state index contributed by atoms with van der Waals surface area (Å²) < 4.78 is 12.7. The third-order valence-electron chi connectivity index (χ3n) is 3.80. The summed E-state index contributed by atoms with van der Waals surface area (Å²) in [5, 5.41) is 10.2. The third-order valence-corrected chi connectivity index (χ3v) is 3.80. The van der Waals surface area contributed by atoms with Crippen LogP contribution in [0.3, 0.4) is 0 Å². The number of aryl methyl sites for hydroxylation is 2. The van der Waals surface area contributed by atoms with Crippen molar-refractivity contribution in [2.24, 2.45) is 0 Å². The highest BCUT2D eigenvalue weighted by atomic mass is 16.5. The van der Waals surface area contributed by atoms with E-state index in [1.54, 1.807) is 7.11 Å². The van der Waals surface area contributed by atoms with Gasteiger partial charge in [-0.2, -0.15) is 5.10 Å². The molecule has 0 aliphatic carbocycles. The molecule has 0 spiro atoms. The summed E-state index contributed by atoms with van der Waals surface area (Å²) >= 11 is 0. The van der Waals surface area contributed by atoms with E-state index < -0.39 is 0 Å². The molecule has 2 aromatic heterocycles. The van der Waals surface area contributed by atoms with E-state index in [9.17, 15) is 4.79 Å². The predicted molar refractivity (Wildman–Crippen MR) is 92.3 cm³/mol. The van der Waals surface area contributed by atoms with Crippen molar-refractivity contribution in [2.45, 2.75) is 46.7 Å². The summed E-state index contributed by atoms with van der Waals surface area (Å²) in [5.74, 6) is 1.45. The lowest BCUT2D eigenvalue weighted by Crippen LogP contribution is -2.34. The van der Waals surface area contributed by atoms with Crippen LogP contribution in [0.2, 0.25) is 0 Å². The van der Waals surface area contributed by atoms with Crippen LogP contribution in [0.25, 0.3) is 0 Å². The first-order chi connectivity index (χ1) is 11.3. The van der Waals surface area contributed by atoms with Gasteiger partial charge in [0.1, 0.15) is 17.6 Å². The number of ether oxygens (including phenoxy) is 1. The van der Waals surface area contributed by atoms with Crippen LogP contribution in [0, 0.1) is 20.8 Å². The topological polar surface area (TPSA) is 81.3 Å². The number of carbonyl (C=O) groups is 1. The van der Waals surface area contributed by atoms with Crippen LogP contribution in [-0.2, 0) is 4.74 Å². The van der Waals surface area contributed by atoms with Crippen LogP contribution in [0.4, 0.5) is 10.5 Å². The molecule has 7 nitrogen and oxygen atoms in total. The quantitative estimate of drug-likeness (QED) is 0.847. The summed E-state index contributed by atoms with van der Waals surface area (Å²) in [5.41, 5.74) is 2.44. The lowest BCUT2D eigenvalue weighted by Gasteiger charge is -2.16. The minimum absolute atomic E-state index is 0.231. The summed E-state index contributed by atoms with van der Waals surface area (Å²) in [6.45, 7) is 10.1. The number of furan rings is 1. The average molecular weight is 334 g/mol. The largest absolute Gasteiger partial charge is 0.464 e. The smallest absolute Gasteiger partial charge is 0.320 e. The molecule has 0 aliphatic heterocycles. The van der Waals surface area contributed by atoms with Crippen LogP contribution in [0.15, 0.2) is 16.5 Å². The molecule has 2 amide bonds. The monoisotopic (exact) mass is 334 g/mol. The summed E-state index contributed by atoms with van der Waals surface area (Å²) in [7, 11) is 1.59. The van der Waals surface area contributed by atoms with Crippen molar-refractivity contribution in [1.82, 2.24) is 15.1 Å². The fourth-order valence-corrected chi connectivity index (χ4v) is 2.66. The van der Waals surface area contributed by atoms with Gasteiger partial charge in [-0.25, -0.2) is 4.79 Å². The molecule has 0 aliphatic rings. The number of carbonyl (C=O) groups excluding carboxylic acids is 1. The molecule has 2 aromatic rings. The minimum Gasteiger partial charge on any atom is -0.464 e. The van der Waals surface area contributed by atoms with E-state index in [1.165, 1.54) is 0 Å². The van der Waals surface area contributed by atoms with E-state index in [4.69, 9.17) is 9.15 Å². The van der Waals surface area contributed by atoms with Gasteiger partial charge in [-0.15, -0.1) is 0 Å². The number of hydrogen-bond acceptors (Lipinski definition) is 4. The van der Waals surface area contributed by atoms with Crippen LogP contribution in [-0.4, -0.2) is 29.5 Å². The minimum atomic E-state index is -0.357. The van der Waals surface area contributed by atoms with E-state index in [-0.39, 0.29) is 18.1 Å². The molecule has 0 radical (unpaired) electrons. The maximum atomic E-state index is 12.4. The molecule has 2 rings (SSSR count). The molecule has 1 atom stereocenters. The molecule has 0 fully saturated rings. The number of methoxy groups -OCH3 is 1. The van der Waals surface area contributed by atoms with Crippen molar-refractivity contribution >= 4 is 11.7 Å². The Morgan fingerprint density at radius 1 is 1.33 bits per heavy atom. The molecule has 24 heavy (non-hydrogen) atoms. The Kier molecular flexibility index (Phi) is 5.66. The average Bonchev–Trinajstić information content (AvgIpc) is 3.05. The Labute approximate surface area is 142 Å².